The van der Waals surface area contributed by atoms with Crippen LogP contribution in [0.4, 0.5) is 17.6 Å². The first kappa shape index (κ1) is 23.7. The van der Waals surface area contributed by atoms with Gasteiger partial charge in [-0.2, -0.15) is 9.97 Å². The van der Waals surface area contributed by atoms with E-state index in [0.717, 1.165) is 37.8 Å². The Morgan fingerprint density at radius 3 is 2.18 bits per heavy atom. The number of hydrogen-bond acceptors (Lipinski definition) is 5. The molecular weight excluding hydrogens is 428 g/mol. The molecule has 1 aromatic heterocycles. The molecule has 0 radical (unpaired) electrons. The highest BCUT2D eigenvalue weighted by Crippen LogP contribution is 2.29. The summed E-state index contributed by atoms with van der Waals surface area (Å²) >= 11 is 5.64. The Labute approximate surface area is 204 Å². The Morgan fingerprint density at radius 1 is 0.939 bits per heavy atom. The molecule has 4 rings (SSSR count). The molecule has 0 bridgehead atoms. The minimum atomic E-state index is 0.100. The van der Waals surface area contributed by atoms with Gasteiger partial charge in [0.15, 0.2) is 5.11 Å². The zero-order valence-electron chi connectivity index (χ0n) is 20.3. The molecule has 0 saturated carbocycles. The maximum Gasteiger partial charge on any atom is 0.232 e. The quantitative estimate of drug-likeness (QED) is 0.573. The molecular formula is C26H38N6S. The van der Waals surface area contributed by atoms with Gasteiger partial charge in [-0.1, -0.05) is 57.0 Å². The third-order valence-electron chi connectivity index (χ3n) is 6.69. The molecule has 2 N–H and O–H groups in total. The molecule has 178 valence electrons. The van der Waals surface area contributed by atoms with Crippen molar-refractivity contribution in [2.45, 2.75) is 58.9 Å². The zero-order chi connectivity index (χ0) is 23.2. The van der Waals surface area contributed by atoms with Crippen molar-refractivity contribution in [3.8, 4) is 0 Å². The van der Waals surface area contributed by atoms with Crippen molar-refractivity contribution < 1.29 is 0 Å². The lowest BCUT2D eigenvalue weighted by atomic mass is 9.92. The van der Waals surface area contributed by atoms with Gasteiger partial charge in [-0.3, -0.25) is 0 Å². The fourth-order valence-corrected chi connectivity index (χ4v) is 5.38. The summed E-state index contributed by atoms with van der Waals surface area (Å²) < 4.78 is 0. The number of rotatable bonds is 5. The van der Waals surface area contributed by atoms with Gasteiger partial charge in [-0.05, 0) is 55.8 Å². The van der Waals surface area contributed by atoms with Gasteiger partial charge in [-0.15, -0.1) is 0 Å². The van der Waals surface area contributed by atoms with E-state index < -0.39 is 0 Å². The van der Waals surface area contributed by atoms with Gasteiger partial charge in [0.05, 0.1) is 6.04 Å². The van der Waals surface area contributed by atoms with Gasteiger partial charge in [0.25, 0.3) is 0 Å². The molecule has 2 fully saturated rings. The third kappa shape index (κ3) is 6.56. The predicted molar refractivity (Wildman–Crippen MR) is 142 cm³/mol. The molecule has 0 spiro atoms. The zero-order valence-corrected chi connectivity index (χ0v) is 21.1. The van der Waals surface area contributed by atoms with Crippen LogP contribution in [0.2, 0.25) is 0 Å². The fraction of sp³-hybridized carbons (Fsp3) is 0.577. The van der Waals surface area contributed by atoms with Crippen molar-refractivity contribution in [1.29, 1.82) is 0 Å². The minimum absolute atomic E-state index is 0.100. The van der Waals surface area contributed by atoms with E-state index in [1.54, 1.807) is 0 Å². The predicted octanol–water partition coefficient (Wildman–Crippen LogP) is 5.39. The molecule has 7 heteroatoms. The van der Waals surface area contributed by atoms with Crippen molar-refractivity contribution in [2.75, 3.05) is 41.3 Å². The second kappa shape index (κ2) is 11.1. The van der Waals surface area contributed by atoms with Gasteiger partial charge in [-0.25, -0.2) is 0 Å². The van der Waals surface area contributed by atoms with Gasteiger partial charge in [0.2, 0.25) is 5.95 Å². The van der Waals surface area contributed by atoms with E-state index in [-0.39, 0.29) is 6.04 Å². The van der Waals surface area contributed by atoms with Crippen LogP contribution in [-0.2, 0) is 0 Å². The molecule has 2 aliphatic rings. The number of hydrogen-bond donors (Lipinski definition) is 2. The normalized spacial score (nSPS) is 22.4. The van der Waals surface area contributed by atoms with E-state index in [0.29, 0.717) is 22.9 Å². The van der Waals surface area contributed by atoms with Crippen molar-refractivity contribution >= 4 is 34.9 Å². The Bertz CT molecular complexity index is 902. The SMILES string of the molecule is C[C@@H]1C[C@@H](C)CN(c2cc(N3CCCCCC3)nc(NC(=S)N[C@H](C)c3ccccc3)n2)C1. The largest absolute Gasteiger partial charge is 0.356 e. The molecule has 2 aliphatic heterocycles. The van der Waals surface area contributed by atoms with Crippen LogP contribution in [0.25, 0.3) is 0 Å². The van der Waals surface area contributed by atoms with E-state index in [4.69, 9.17) is 22.2 Å². The average Bonchev–Trinajstić information content (AvgIpc) is 3.08. The molecule has 1 aromatic carbocycles. The maximum absolute atomic E-state index is 5.64. The van der Waals surface area contributed by atoms with Crippen molar-refractivity contribution in [3.63, 3.8) is 0 Å². The number of nitrogens with zero attached hydrogens (tertiary/aromatic N) is 4. The van der Waals surface area contributed by atoms with Crippen LogP contribution in [0.5, 0.6) is 0 Å². The van der Waals surface area contributed by atoms with Gasteiger partial charge in [0.1, 0.15) is 11.6 Å². The Morgan fingerprint density at radius 2 is 1.55 bits per heavy atom. The molecule has 3 atom stereocenters. The highest BCUT2D eigenvalue weighted by atomic mass is 32.1. The van der Waals surface area contributed by atoms with E-state index >= 15 is 0 Å². The Kier molecular flexibility index (Phi) is 8.02. The van der Waals surface area contributed by atoms with E-state index in [1.165, 1.54) is 37.7 Å². The first-order valence-electron chi connectivity index (χ1n) is 12.5. The van der Waals surface area contributed by atoms with Crippen molar-refractivity contribution in [2.24, 2.45) is 11.8 Å². The monoisotopic (exact) mass is 466 g/mol. The van der Waals surface area contributed by atoms with Crippen LogP contribution < -0.4 is 20.4 Å². The first-order valence-corrected chi connectivity index (χ1v) is 12.9. The summed E-state index contributed by atoms with van der Waals surface area (Å²) in [6.07, 6.45) is 6.30. The summed E-state index contributed by atoms with van der Waals surface area (Å²) in [6, 6.07) is 12.6. The van der Waals surface area contributed by atoms with Crippen LogP contribution in [0.3, 0.4) is 0 Å². The Balaban J connectivity index is 1.55. The topological polar surface area (TPSA) is 56.3 Å². The highest BCUT2D eigenvalue weighted by molar-refractivity contribution is 7.80. The Hall–Kier alpha value is -2.41. The van der Waals surface area contributed by atoms with Crippen LogP contribution in [0.15, 0.2) is 36.4 Å². The maximum atomic E-state index is 5.64. The lowest BCUT2D eigenvalue weighted by molar-refractivity contribution is 0.355. The summed E-state index contributed by atoms with van der Waals surface area (Å²) in [5.41, 5.74) is 1.19. The number of thiocarbonyl (C=S) groups is 1. The number of aromatic nitrogens is 2. The molecule has 0 amide bonds. The van der Waals surface area contributed by atoms with Crippen LogP contribution in [0.1, 0.15) is 64.5 Å². The highest BCUT2D eigenvalue weighted by Gasteiger charge is 2.25. The molecule has 33 heavy (non-hydrogen) atoms. The van der Waals surface area contributed by atoms with Crippen LogP contribution >= 0.6 is 12.2 Å². The summed E-state index contributed by atoms with van der Waals surface area (Å²) in [5, 5.41) is 7.21. The van der Waals surface area contributed by atoms with Crippen LogP contribution in [-0.4, -0.2) is 41.3 Å². The van der Waals surface area contributed by atoms with E-state index in [1.807, 2.05) is 18.2 Å². The van der Waals surface area contributed by atoms with Gasteiger partial charge in [0, 0.05) is 32.2 Å². The van der Waals surface area contributed by atoms with E-state index in [2.05, 4.69) is 59.4 Å². The number of benzene rings is 1. The number of nitrogens with one attached hydrogen (secondary N) is 2. The fourth-order valence-electron chi connectivity index (χ4n) is 5.11. The molecule has 0 aliphatic carbocycles. The van der Waals surface area contributed by atoms with Crippen LogP contribution in [0, 0.1) is 11.8 Å². The van der Waals surface area contributed by atoms with Gasteiger partial charge >= 0.3 is 0 Å². The number of anilines is 3. The molecule has 2 aromatic rings. The summed E-state index contributed by atoms with van der Waals surface area (Å²) in [4.78, 5) is 14.7. The average molecular weight is 467 g/mol. The second-order valence-electron chi connectivity index (χ2n) is 9.89. The lowest BCUT2D eigenvalue weighted by Gasteiger charge is -2.36. The van der Waals surface area contributed by atoms with Gasteiger partial charge < -0.3 is 20.4 Å². The number of piperidine rings is 1. The smallest absolute Gasteiger partial charge is 0.232 e. The molecule has 6 nitrogen and oxygen atoms in total. The standard InChI is InChI=1S/C26H38N6S/c1-19-15-20(2)18-32(17-19)24-16-23(31-13-9-4-5-10-14-31)28-25(29-24)30-26(33)27-21(3)22-11-7-6-8-12-22/h6-8,11-12,16,19-21H,4-5,9-10,13-15,17-18H2,1-3H3,(H2,27,28,29,30,33)/t19-,20-,21-/m1/s1. The molecule has 3 heterocycles. The minimum Gasteiger partial charge on any atom is -0.356 e. The second-order valence-corrected chi connectivity index (χ2v) is 10.3. The van der Waals surface area contributed by atoms with Crippen molar-refractivity contribution in [1.82, 2.24) is 15.3 Å². The first-order chi connectivity index (χ1) is 16.0. The summed E-state index contributed by atoms with van der Waals surface area (Å²) in [6.45, 7) is 11.0. The summed E-state index contributed by atoms with van der Waals surface area (Å²) in [7, 11) is 0. The molecule has 2 saturated heterocycles. The lowest BCUT2D eigenvalue weighted by Crippen LogP contribution is -2.39. The summed E-state index contributed by atoms with van der Waals surface area (Å²) in [5.74, 6) is 3.92. The third-order valence-corrected chi connectivity index (χ3v) is 6.91. The molecule has 0 unspecified atom stereocenters. The van der Waals surface area contributed by atoms with Crippen molar-refractivity contribution in [3.05, 3.63) is 42.0 Å². The van der Waals surface area contributed by atoms with E-state index in [9.17, 15) is 0 Å².